The van der Waals surface area contributed by atoms with Crippen molar-refractivity contribution >= 4 is 30.0 Å². The molecule has 31 heavy (non-hydrogen) atoms. The average Bonchev–Trinajstić information content (AvgIpc) is 2.63. The van der Waals surface area contributed by atoms with Crippen LogP contribution in [0.2, 0.25) is 0 Å². The number of alkyl halides is 6. The highest BCUT2D eigenvalue weighted by Crippen LogP contribution is 2.55. The molecule has 9 nitrogen and oxygen atoms in total. The number of piperidine rings is 2. The van der Waals surface area contributed by atoms with Crippen LogP contribution in [0.25, 0.3) is 0 Å². The number of carbonyl (C=O) groups excluding carboxylic acids is 2. The Balaban J connectivity index is 1.72. The quantitative estimate of drug-likeness (QED) is 0.423. The molecule has 0 aromatic rings. The van der Waals surface area contributed by atoms with E-state index in [1.807, 2.05) is 10.6 Å². The van der Waals surface area contributed by atoms with E-state index >= 15 is 0 Å². The van der Waals surface area contributed by atoms with Gasteiger partial charge >= 0.3 is 31.1 Å². The summed E-state index contributed by atoms with van der Waals surface area (Å²) in [5.41, 5.74) is 0. The van der Waals surface area contributed by atoms with E-state index in [2.05, 4.69) is 0 Å². The van der Waals surface area contributed by atoms with Crippen LogP contribution in [0.4, 0.5) is 26.3 Å². The number of nitrogens with one attached hydrogen (secondary N) is 2. The van der Waals surface area contributed by atoms with E-state index in [1.165, 1.54) is 0 Å². The number of rotatable bonds is 6. The Hall–Kier alpha value is -1.12. The Morgan fingerprint density at radius 1 is 0.774 bits per heavy atom. The minimum atomic E-state index is -4.99. The van der Waals surface area contributed by atoms with E-state index in [-0.39, 0.29) is 51.9 Å². The van der Waals surface area contributed by atoms with Crippen LogP contribution >= 0.6 is 18.2 Å². The van der Waals surface area contributed by atoms with Gasteiger partial charge in [-0.2, -0.15) is 36.5 Å². The number of hydrogen-bond donors (Lipinski definition) is 2. The first kappa shape index (κ1) is 26.1. The van der Waals surface area contributed by atoms with Gasteiger partial charge in [-0.3, -0.25) is 9.59 Å². The molecular formula is C14H20ClF6N4O5P. The number of halogens is 7. The molecule has 0 spiro atoms. The Morgan fingerprint density at radius 2 is 1.06 bits per heavy atom. The van der Waals surface area contributed by atoms with Gasteiger partial charge in [-0.05, 0) is 25.7 Å². The summed E-state index contributed by atoms with van der Waals surface area (Å²) < 4.78 is 96.1. The Kier molecular flexibility index (Phi) is 8.61. The highest BCUT2D eigenvalue weighted by molar-refractivity contribution is 7.81. The number of nitrogens with zero attached hydrogens (tertiary/aromatic N) is 2. The second-order valence-electron chi connectivity index (χ2n) is 6.94. The molecular weight excluding hydrogens is 485 g/mol. The number of hydroxylamine groups is 4. The van der Waals surface area contributed by atoms with E-state index < -0.39 is 43.2 Å². The second kappa shape index (κ2) is 10.2. The number of carbonyl (C=O) groups is 2. The molecule has 0 unspecified atom stereocenters. The normalized spacial score (nSPS) is 21.1. The Morgan fingerprint density at radius 3 is 1.32 bits per heavy atom. The summed E-state index contributed by atoms with van der Waals surface area (Å²) in [5.74, 6) is -4.10. The topological polar surface area (TPSA) is 100 Å². The maximum atomic E-state index is 12.3. The maximum absolute atomic E-state index is 12.3. The van der Waals surface area contributed by atoms with E-state index in [1.54, 1.807) is 0 Å². The molecule has 0 aromatic heterocycles. The van der Waals surface area contributed by atoms with Crippen molar-refractivity contribution in [2.75, 3.05) is 26.2 Å². The van der Waals surface area contributed by atoms with Gasteiger partial charge in [0.1, 0.15) is 0 Å². The SMILES string of the molecule is O=C(NC1CCN(OP(=O)(Cl)ON2CCC(NC(=O)C(F)(F)F)CC2)CC1)C(F)(F)F. The first-order chi connectivity index (χ1) is 14.2. The predicted molar refractivity (Wildman–Crippen MR) is 93.2 cm³/mol. The molecule has 0 atom stereocenters. The lowest BCUT2D eigenvalue weighted by atomic mass is 10.1. The first-order valence-corrected chi connectivity index (χ1v) is 11.5. The van der Waals surface area contributed by atoms with Crippen molar-refractivity contribution in [1.29, 1.82) is 0 Å². The molecule has 2 aliphatic heterocycles. The van der Waals surface area contributed by atoms with Gasteiger partial charge in [-0.25, -0.2) is 13.8 Å². The zero-order chi connectivity index (χ0) is 23.4. The van der Waals surface area contributed by atoms with Gasteiger partial charge in [-0.15, -0.1) is 0 Å². The van der Waals surface area contributed by atoms with Crippen LogP contribution in [0.3, 0.4) is 0 Å². The molecule has 0 radical (unpaired) electrons. The summed E-state index contributed by atoms with van der Waals surface area (Å²) in [6.45, 7) is -4.10. The lowest BCUT2D eigenvalue weighted by molar-refractivity contribution is -0.176. The van der Waals surface area contributed by atoms with Crippen molar-refractivity contribution in [3.05, 3.63) is 0 Å². The molecule has 17 heteroatoms. The molecule has 0 aromatic carbocycles. The van der Waals surface area contributed by atoms with Crippen LogP contribution in [0, 0.1) is 0 Å². The second-order valence-corrected chi connectivity index (χ2v) is 9.37. The number of hydrogen-bond acceptors (Lipinski definition) is 7. The molecule has 2 rings (SSSR count). The van der Waals surface area contributed by atoms with Gasteiger partial charge < -0.3 is 10.6 Å². The zero-order valence-corrected chi connectivity index (χ0v) is 17.5. The summed E-state index contributed by atoms with van der Waals surface area (Å²) in [6, 6.07) is -1.48. The van der Waals surface area contributed by atoms with Crippen LogP contribution < -0.4 is 10.6 Å². The summed E-state index contributed by atoms with van der Waals surface area (Å²) in [7, 11) is 0. The van der Waals surface area contributed by atoms with Crippen molar-refractivity contribution in [2.45, 2.75) is 50.1 Å². The molecule has 2 aliphatic rings. The molecule has 0 saturated carbocycles. The lowest BCUT2D eigenvalue weighted by Gasteiger charge is -2.35. The van der Waals surface area contributed by atoms with Crippen LogP contribution in [0.5, 0.6) is 0 Å². The van der Waals surface area contributed by atoms with Gasteiger partial charge in [-0.1, -0.05) is 0 Å². The predicted octanol–water partition coefficient (Wildman–Crippen LogP) is 2.48. The van der Waals surface area contributed by atoms with E-state index in [0.717, 1.165) is 10.1 Å². The largest absolute Gasteiger partial charge is 0.471 e. The first-order valence-electron chi connectivity index (χ1n) is 9.10. The van der Waals surface area contributed by atoms with Crippen molar-refractivity contribution < 1.29 is 49.7 Å². The van der Waals surface area contributed by atoms with E-state index in [0.29, 0.717) is 0 Å². The molecule has 0 bridgehead atoms. The van der Waals surface area contributed by atoms with Gasteiger partial charge in [0, 0.05) is 49.5 Å². The van der Waals surface area contributed by atoms with Crippen LogP contribution in [-0.4, -0.2) is 72.6 Å². The smallest absolute Gasteiger partial charge is 0.345 e. The van der Waals surface area contributed by atoms with Crippen molar-refractivity contribution in [3.8, 4) is 0 Å². The molecule has 2 heterocycles. The van der Waals surface area contributed by atoms with E-state index in [9.17, 15) is 40.5 Å². The third kappa shape index (κ3) is 8.73. The Bertz CT molecular complexity index is 642. The molecule has 2 N–H and O–H groups in total. The lowest BCUT2D eigenvalue weighted by Crippen LogP contribution is -2.48. The minimum Gasteiger partial charge on any atom is -0.345 e. The van der Waals surface area contributed by atoms with Gasteiger partial charge in [0.2, 0.25) is 0 Å². The van der Waals surface area contributed by atoms with Gasteiger partial charge in [0.25, 0.3) is 0 Å². The van der Waals surface area contributed by atoms with Crippen LogP contribution in [0.15, 0.2) is 0 Å². The monoisotopic (exact) mass is 504 g/mol. The summed E-state index contributed by atoms with van der Waals surface area (Å²) in [5, 5.41) is 5.97. The van der Waals surface area contributed by atoms with Gasteiger partial charge in [0.05, 0.1) is 0 Å². The third-order valence-corrected chi connectivity index (χ3v) is 5.74. The highest BCUT2D eigenvalue weighted by Gasteiger charge is 2.42. The third-order valence-electron chi connectivity index (χ3n) is 4.52. The van der Waals surface area contributed by atoms with Gasteiger partial charge in [0.15, 0.2) is 0 Å². The zero-order valence-electron chi connectivity index (χ0n) is 15.8. The maximum Gasteiger partial charge on any atom is 0.471 e. The molecule has 2 amide bonds. The fourth-order valence-corrected chi connectivity index (χ4v) is 4.42. The highest BCUT2D eigenvalue weighted by atomic mass is 35.7. The van der Waals surface area contributed by atoms with Crippen molar-refractivity contribution in [1.82, 2.24) is 20.8 Å². The molecule has 0 aliphatic carbocycles. The summed E-state index contributed by atoms with van der Waals surface area (Å²) in [4.78, 5) is 21.9. The van der Waals surface area contributed by atoms with Crippen molar-refractivity contribution in [2.24, 2.45) is 0 Å². The molecule has 2 fully saturated rings. The molecule has 2 saturated heterocycles. The standard InChI is InChI=1S/C14H20ClF6N4O5P/c15-31(28,29-24-5-1-9(2-6-24)22-11(26)13(16,17)18)30-25-7-3-10(4-8-25)23-12(27)14(19,20)21/h9-10H,1-8H2,(H,22,26)(H,23,27). The average molecular weight is 505 g/mol. The summed E-state index contributed by atoms with van der Waals surface area (Å²) in [6.07, 6.45) is -9.63. The fourth-order valence-electron chi connectivity index (χ4n) is 2.99. The fraction of sp³-hybridized carbons (Fsp3) is 0.857. The minimum absolute atomic E-state index is 0.0222. The van der Waals surface area contributed by atoms with Crippen LogP contribution in [0.1, 0.15) is 25.7 Å². The van der Waals surface area contributed by atoms with Crippen LogP contribution in [-0.2, 0) is 23.4 Å². The van der Waals surface area contributed by atoms with Crippen molar-refractivity contribution in [3.63, 3.8) is 0 Å². The summed E-state index contributed by atoms with van der Waals surface area (Å²) >= 11 is 5.75. The Labute approximate surface area is 177 Å². The number of amides is 2. The van der Waals surface area contributed by atoms with E-state index in [4.69, 9.17) is 20.5 Å². The molecule has 180 valence electrons.